The molecule has 2 aliphatic heterocycles. The van der Waals surface area contributed by atoms with E-state index in [1.54, 1.807) is 58.8 Å². The van der Waals surface area contributed by atoms with Crippen LogP contribution in [0.2, 0.25) is 0 Å². The van der Waals surface area contributed by atoms with Crippen LogP contribution in [0.5, 0.6) is 0 Å². The largest absolute Gasteiger partial charge is 0.444 e. The molecule has 11 nitrogen and oxygen atoms in total. The van der Waals surface area contributed by atoms with E-state index in [0.717, 1.165) is 0 Å². The van der Waals surface area contributed by atoms with Gasteiger partial charge in [-0.05, 0) is 51.0 Å². The molecule has 4 heterocycles. The van der Waals surface area contributed by atoms with E-state index in [4.69, 9.17) is 14.7 Å². The number of nitrogens with zero attached hydrogens (tertiary/aromatic N) is 7. The fourth-order valence-electron chi connectivity index (χ4n) is 4.42. The minimum atomic E-state index is -0.494. The van der Waals surface area contributed by atoms with Gasteiger partial charge in [-0.25, -0.2) is 14.0 Å². The number of amides is 2. The molecule has 0 bridgehead atoms. The first-order valence-electron chi connectivity index (χ1n) is 12.9. The van der Waals surface area contributed by atoms with Crippen molar-refractivity contribution in [1.82, 2.24) is 24.6 Å². The van der Waals surface area contributed by atoms with Gasteiger partial charge in [-0.1, -0.05) is 13.0 Å². The van der Waals surface area contributed by atoms with E-state index < -0.39 is 17.5 Å². The fraction of sp³-hybridized carbons (Fsp3) is 0.429. The van der Waals surface area contributed by atoms with E-state index in [2.05, 4.69) is 21.3 Å². The lowest BCUT2D eigenvalue weighted by Crippen LogP contribution is -2.35. The van der Waals surface area contributed by atoms with Crippen LogP contribution in [0.1, 0.15) is 27.7 Å². The molecule has 12 heteroatoms. The summed E-state index contributed by atoms with van der Waals surface area (Å²) in [5.41, 5.74) is 1.11. The molecule has 2 unspecified atom stereocenters. The molecule has 2 amide bonds. The lowest BCUT2D eigenvalue weighted by molar-refractivity contribution is 0.0286. The number of benzene rings is 1. The molecule has 3 atom stereocenters. The van der Waals surface area contributed by atoms with Crippen LogP contribution in [0.3, 0.4) is 0 Å². The summed E-state index contributed by atoms with van der Waals surface area (Å²) >= 11 is 0. The molecule has 2 aromatic heterocycles. The Morgan fingerprint density at radius 3 is 2.55 bits per heavy atom. The van der Waals surface area contributed by atoms with Crippen LogP contribution in [0, 0.1) is 29.0 Å². The lowest BCUT2D eigenvalue weighted by atomic mass is 10.0. The van der Waals surface area contributed by atoms with Gasteiger partial charge in [-0.15, -0.1) is 10.2 Å². The van der Waals surface area contributed by atoms with E-state index in [1.165, 1.54) is 11.0 Å². The van der Waals surface area contributed by atoms with Gasteiger partial charge in [0.15, 0.2) is 0 Å². The summed E-state index contributed by atoms with van der Waals surface area (Å²) in [6, 6.07) is 10.4. The minimum absolute atomic E-state index is 0.0579. The lowest BCUT2D eigenvalue weighted by Gasteiger charge is -2.24. The van der Waals surface area contributed by atoms with E-state index in [1.807, 2.05) is 27.7 Å². The third kappa shape index (κ3) is 7.11. The van der Waals surface area contributed by atoms with Gasteiger partial charge in [-0.3, -0.25) is 9.88 Å². The Morgan fingerprint density at radius 1 is 1.20 bits per heavy atom. The Morgan fingerprint density at radius 2 is 1.95 bits per heavy atom. The summed E-state index contributed by atoms with van der Waals surface area (Å²) in [4.78, 5) is 30.8. The van der Waals surface area contributed by atoms with Crippen LogP contribution in [0.15, 0.2) is 55.4 Å². The number of hydrogen-bond donors (Lipinski definition) is 0. The topological polar surface area (TPSA) is 126 Å². The van der Waals surface area contributed by atoms with E-state index in [-0.39, 0.29) is 24.0 Å². The number of hydrogen-bond acceptors (Lipinski definition) is 8. The third-order valence-electron chi connectivity index (χ3n) is 6.42. The van der Waals surface area contributed by atoms with Gasteiger partial charge in [-0.2, -0.15) is 5.26 Å². The molecule has 2 aliphatic rings. The van der Waals surface area contributed by atoms with Crippen molar-refractivity contribution in [3.05, 3.63) is 61.2 Å². The number of likely N-dealkylation sites (tertiary alicyclic amines) is 1. The van der Waals surface area contributed by atoms with Crippen molar-refractivity contribution in [1.29, 1.82) is 5.26 Å². The number of cyclic esters (lactones) is 1. The van der Waals surface area contributed by atoms with Gasteiger partial charge >= 0.3 is 12.2 Å². The molecule has 5 rings (SSSR count). The van der Waals surface area contributed by atoms with Gasteiger partial charge in [0.05, 0.1) is 30.8 Å². The Labute approximate surface area is 232 Å². The first-order valence-corrected chi connectivity index (χ1v) is 12.9. The molecule has 40 heavy (non-hydrogen) atoms. The molecule has 0 saturated carbocycles. The van der Waals surface area contributed by atoms with Crippen molar-refractivity contribution in [2.75, 3.05) is 24.5 Å². The van der Waals surface area contributed by atoms with Gasteiger partial charge in [0.25, 0.3) is 0 Å². The van der Waals surface area contributed by atoms with Crippen LogP contribution < -0.4 is 4.90 Å². The number of rotatable bonds is 4. The number of aromatic nitrogens is 4. The van der Waals surface area contributed by atoms with Crippen LogP contribution in [0.4, 0.5) is 19.7 Å². The van der Waals surface area contributed by atoms with Gasteiger partial charge < -0.3 is 18.9 Å². The summed E-state index contributed by atoms with van der Waals surface area (Å²) in [5, 5.41) is 16.3. The maximum absolute atomic E-state index is 14.5. The predicted molar refractivity (Wildman–Crippen MR) is 143 cm³/mol. The minimum Gasteiger partial charge on any atom is -0.444 e. The zero-order valence-electron chi connectivity index (χ0n) is 22.9. The summed E-state index contributed by atoms with van der Waals surface area (Å²) in [6.45, 7) is 9.40. The average molecular weight is 550 g/mol. The maximum atomic E-state index is 14.5. The highest BCUT2D eigenvalue weighted by atomic mass is 19.1. The summed E-state index contributed by atoms with van der Waals surface area (Å²) in [7, 11) is 0. The molecule has 3 aromatic rings. The van der Waals surface area contributed by atoms with Crippen LogP contribution in [0.25, 0.3) is 11.1 Å². The van der Waals surface area contributed by atoms with Crippen molar-refractivity contribution in [3.63, 3.8) is 0 Å². The van der Waals surface area contributed by atoms with Crippen molar-refractivity contribution in [3.8, 4) is 17.2 Å². The Balaban J connectivity index is 0.000000212. The Bertz CT molecular complexity index is 1360. The van der Waals surface area contributed by atoms with Crippen LogP contribution in [-0.2, 0) is 16.0 Å². The second-order valence-corrected chi connectivity index (χ2v) is 10.8. The number of pyridine rings is 1. The third-order valence-corrected chi connectivity index (χ3v) is 6.42. The fourth-order valence-corrected chi connectivity index (χ4v) is 4.42. The first kappa shape index (κ1) is 28.5. The average Bonchev–Trinajstić information content (AvgIpc) is 3.64. The summed E-state index contributed by atoms with van der Waals surface area (Å²) in [6.07, 6.45) is 5.18. The normalized spacial score (nSPS) is 20.4. The van der Waals surface area contributed by atoms with Crippen molar-refractivity contribution >= 4 is 17.9 Å². The molecular formula is C28H32FN7O4. The van der Waals surface area contributed by atoms with E-state index in [0.29, 0.717) is 43.0 Å². The highest BCUT2D eigenvalue weighted by Crippen LogP contribution is 2.29. The van der Waals surface area contributed by atoms with Crippen molar-refractivity contribution < 1.29 is 23.5 Å². The van der Waals surface area contributed by atoms with E-state index in [9.17, 15) is 14.0 Å². The van der Waals surface area contributed by atoms with E-state index >= 15 is 0 Å². The molecule has 1 aromatic carbocycles. The van der Waals surface area contributed by atoms with Gasteiger partial charge in [0.1, 0.15) is 30.2 Å². The smallest absolute Gasteiger partial charge is 0.414 e. The summed E-state index contributed by atoms with van der Waals surface area (Å²) < 4.78 is 26.8. The molecule has 0 radical (unpaired) electrons. The molecular weight excluding hydrogens is 517 g/mol. The van der Waals surface area contributed by atoms with Crippen molar-refractivity contribution in [2.45, 2.75) is 45.9 Å². The number of halogens is 1. The Kier molecular flexibility index (Phi) is 8.62. The standard InChI is InChI=1S/C17H14FN5O2.C11H18N2O2/c18-16-6-13(3-4-15(16)12-2-1-5-19-7-12)23-9-14(25-17(23)24)8-22-10-20-21-11-22;1-8-6-13(7-9(8)5-12)10(14)15-11(2,3)4/h1-7,10-11,14H,8-9H2;8-9H,6-7H2,1-4H3/t;8-,9?/m.1/s1. The zero-order chi connectivity index (χ0) is 28.9. The second-order valence-electron chi connectivity index (χ2n) is 10.8. The summed E-state index contributed by atoms with van der Waals surface area (Å²) in [5.74, 6) is -0.236. The first-order chi connectivity index (χ1) is 19.0. The highest BCUT2D eigenvalue weighted by molar-refractivity contribution is 5.90. The van der Waals surface area contributed by atoms with Crippen LogP contribution >= 0.6 is 0 Å². The van der Waals surface area contributed by atoms with Crippen molar-refractivity contribution in [2.24, 2.45) is 11.8 Å². The second kappa shape index (κ2) is 12.1. The number of ether oxygens (including phenoxy) is 2. The zero-order valence-corrected chi connectivity index (χ0v) is 22.9. The Hall–Kier alpha value is -4.53. The van der Waals surface area contributed by atoms with Gasteiger partial charge in [0, 0.05) is 36.6 Å². The molecule has 2 fully saturated rings. The molecule has 0 N–H and O–H groups in total. The maximum Gasteiger partial charge on any atom is 0.414 e. The molecule has 0 spiro atoms. The van der Waals surface area contributed by atoms with Gasteiger partial charge in [0.2, 0.25) is 0 Å². The number of anilines is 1. The SMILES string of the molecule is C[C@@H]1CN(C(=O)OC(C)(C)C)CC1C#N.O=C1OC(Cn2cnnc2)CN1c1ccc(-c2cccnc2)c(F)c1. The monoisotopic (exact) mass is 549 g/mol. The highest BCUT2D eigenvalue weighted by Gasteiger charge is 2.35. The molecule has 0 aliphatic carbocycles. The molecule has 210 valence electrons. The predicted octanol–water partition coefficient (Wildman–Crippen LogP) is 4.52. The number of carbonyl (C=O) groups excluding carboxylic acids is 2. The molecule has 2 saturated heterocycles. The van der Waals surface area contributed by atoms with Crippen LogP contribution in [-0.4, -0.2) is 68.2 Å². The number of nitriles is 1. The number of carbonyl (C=O) groups is 2. The quantitative estimate of drug-likeness (QED) is 0.465.